The van der Waals surface area contributed by atoms with Crippen LogP contribution in [-0.4, -0.2) is 44.8 Å². The van der Waals surface area contributed by atoms with Gasteiger partial charge in [-0.25, -0.2) is 4.79 Å². The Morgan fingerprint density at radius 1 is 1.24 bits per heavy atom. The number of benzene rings is 1. The number of amides is 2. The number of nitrogens with zero attached hydrogens (tertiary/aromatic N) is 3. The van der Waals surface area contributed by atoms with Crippen molar-refractivity contribution in [1.82, 2.24) is 31.3 Å². The van der Waals surface area contributed by atoms with E-state index in [-0.39, 0.29) is 18.9 Å². The Kier molecular flexibility index (Phi) is 6.04. The van der Waals surface area contributed by atoms with Crippen LogP contribution >= 0.6 is 0 Å². The number of rotatable bonds is 6. The maximum atomic E-state index is 12.2. The van der Waals surface area contributed by atoms with Gasteiger partial charge in [-0.15, -0.1) is 10.2 Å². The molecule has 1 aromatic heterocycles. The molecule has 3 N–H and O–H groups in total. The fraction of sp³-hybridized carbons (Fsp3) is 0.438. The van der Waals surface area contributed by atoms with Gasteiger partial charge in [-0.1, -0.05) is 35.5 Å². The first-order valence-electron chi connectivity index (χ1n) is 7.89. The second-order valence-electron chi connectivity index (χ2n) is 6.36. The molecule has 9 heteroatoms. The van der Waals surface area contributed by atoms with Gasteiger partial charge in [0.15, 0.2) is 0 Å². The van der Waals surface area contributed by atoms with Gasteiger partial charge in [0.25, 0.3) is 0 Å². The third kappa shape index (κ3) is 6.21. The number of hydrogen-bond donors (Lipinski definition) is 3. The van der Waals surface area contributed by atoms with E-state index in [0.29, 0.717) is 5.82 Å². The molecule has 1 aromatic carbocycles. The quantitative estimate of drug-likeness (QED) is 0.725. The van der Waals surface area contributed by atoms with Gasteiger partial charge >= 0.3 is 6.09 Å². The lowest BCUT2D eigenvalue weighted by Crippen LogP contribution is -2.36. The van der Waals surface area contributed by atoms with Gasteiger partial charge < -0.3 is 15.4 Å². The van der Waals surface area contributed by atoms with Gasteiger partial charge in [0.05, 0.1) is 0 Å². The zero-order valence-electron chi connectivity index (χ0n) is 14.4. The van der Waals surface area contributed by atoms with Crippen molar-refractivity contribution in [2.24, 2.45) is 0 Å². The number of nitrogens with one attached hydrogen (secondary N) is 3. The van der Waals surface area contributed by atoms with Crippen molar-refractivity contribution < 1.29 is 14.3 Å². The van der Waals surface area contributed by atoms with Crippen molar-refractivity contribution in [2.45, 2.75) is 38.8 Å². The van der Waals surface area contributed by atoms with Gasteiger partial charge in [-0.2, -0.15) is 5.21 Å². The number of ether oxygens (including phenoxy) is 1. The Morgan fingerprint density at radius 3 is 2.56 bits per heavy atom. The third-order valence-corrected chi connectivity index (χ3v) is 3.08. The average molecular weight is 346 g/mol. The number of hydrogen-bond acceptors (Lipinski definition) is 6. The van der Waals surface area contributed by atoms with Crippen molar-refractivity contribution in [1.29, 1.82) is 0 Å². The molecular formula is C16H22N6O3. The summed E-state index contributed by atoms with van der Waals surface area (Å²) in [4.78, 5) is 23.8. The van der Waals surface area contributed by atoms with E-state index >= 15 is 0 Å². The Labute approximate surface area is 145 Å². The van der Waals surface area contributed by atoms with E-state index in [0.717, 1.165) is 5.56 Å². The van der Waals surface area contributed by atoms with E-state index in [1.54, 1.807) is 20.8 Å². The monoisotopic (exact) mass is 346 g/mol. The van der Waals surface area contributed by atoms with Crippen molar-refractivity contribution >= 4 is 12.0 Å². The van der Waals surface area contributed by atoms with Crippen LogP contribution in [0.25, 0.3) is 0 Å². The molecule has 2 rings (SSSR count). The summed E-state index contributed by atoms with van der Waals surface area (Å²) in [6.45, 7) is 5.48. The number of H-pyrrole nitrogens is 1. The Balaban J connectivity index is 1.89. The summed E-state index contributed by atoms with van der Waals surface area (Å²) in [5, 5.41) is 19.2. The van der Waals surface area contributed by atoms with Crippen LogP contribution in [0.3, 0.4) is 0 Å². The van der Waals surface area contributed by atoms with Crippen LogP contribution in [0, 0.1) is 0 Å². The maximum Gasteiger partial charge on any atom is 0.407 e. The van der Waals surface area contributed by atoms with Crippen molar-refractivity contribution in [3.8, 4) is 0 Å². The summed E-state index contributed by atoms with van der Waals surface area (Å²) < 4.78 is 5.11. The number of carbonyl (C=O) groups is 2. The van der Waals surface area contributed by atoms with Crippen LogP contribution < -0.4 is 10.6 Å². The third-order valence-electron chi connectivity index (χ3n) is 3.08. The standard InChI is InChI=1S/C16H22N6O3/c1-16(2,3)25-15(24)17-10-9-12(23)18-13(14-19-21-22-20-14)11-7-5-4-6-8-11/h4-8,13H,9-10H2,1-3H3,(H,17,24)(H,18,23)(H,19,20,21,22). The molecule has 2 aromatic rings. The van der Waals surface area contributed by atoms with Gasteiger partial charge in [-0.3, -0.25) is 4.79 Å². The molecule has 1 unspecified atom stereocenters. The predicted molar refractivity (Wildman–Crippen MR) is 89.5 cm³/mol. The van der Waals surface area contributed by atoms with Crippen LogP contribution in [0.2, 0.25) is 0 Å². The topological polar surface area (TPSA) is 122 Å². The van der Waals surface area contributed by atoms with Crippen LogP contribution in [0.1, 0.15) is 44.6 Å². The molecule has 134 valence electrons. The van der Waals surface area contributed by atoms with E-state index in [2.05, 4.69) is 31.3 Å². The minimum absolute atomic E-state index is 0.0976. The highest BCUT2D eigenvalue weighted by Gasteiger charge is 2.21. The number of aromatic amines is 1. The van der Waals surface area contributed by atoms with E-state index < -0.39 is 17.7 Å². The fourth-order valence-electron chi connectivity index (χ4n) is 2.06. The van der Waals surface area contributed by atoms with Crippen LogP contribution in [0.4, 0.5) is 4.79 Å². The number of alkyl carbamates (subject to hydrolysis) is 1. The zero-order valence-corrected chi connectivity index (χ0v) is 14.4. The van der Waals surface area contributed by atoms with Crippen molar-refractivity contribution in [3.05, 3.63) is 41.7 Å². The summed E-state index contributed by atoms with van der Waals surface area (Å²) >= 11 is 0. The minimum Gasteiger partial charge on any atom is -0.444 e. The number of aromatic nitrogens is 4. The largest absolute Gasteiger partial charge is 0.444 e. The fourth-order valence-corrected chi connectivity index (χ4v) is 2.06. The summed E-state index contributed by atoms with van der Waals surface area (Å²) in [6.07, 6.45) is -0.460. The molecule has 0 bridgehead atoms. The molecule has 0 spiro atoms. The lowest BCUT2D eigenvalue weighted by Gasteiger charge is -2.20. The minimum atomic E-state index is -0.580. The van der Waals surface area contributed by atoms with Crippen molar-refractivity contribution in [3.63, 3.8) is 0 Å². The van der Waals surface area contributed by atoms with Crippen LogP contribution in [-0.2, 0) is 9.53 Å². The number of tetrazole rings is 1. The molecule has 2 amide bonds. The Morgan fingerprint density at radius 2 is 1.96 bits per heavy atom. The summed E-state index contributed by atoms with van der Waals surface area (Å²) in [7, 11) is 0. The highest BCUT2D eigenvalue weighted by Crippen LogP contribution is 2.17. The summed E-state index contributed by atoms with van der Waals surface area (Å²) in [5.41, 5.74) is 0.251. The Hall–Kier alpha value is -2.97. The molecule has 25 heavy (non-hydrogen) atoms. The second-order valence-corrected chi connectivity index (χ2v) is 6.36. The van der Waals surface area contributed by atoms with E-state index in [9.17, 15) is 9.59 Å². The smallest absolute Gasteiger partial charge is 0.407 e. The number of carbonyl (C=O) groups excluding carboxylic acids is 2. The predicted octanol–water partition coefficient (Wildman–Crippen LogP) is 1.32. The van der Waals surface area contributed by atoms with E-state index in [1.807, 2.05) is 30.3 Å². The molecule has 0 fully saturated rings. The highest BCUT2D eigenvalue weighted by atomic mass is 16.6. The normalized spacial score (nSPS) is 12.3. The van der Waals surface area contributed by atoms with E-state index in [4.69, 9.17) is 4.74 Å². The summed E-state index contributed by atoms with van der Waals surface area (Å²) in [6, 6.07) is 8.80. The SMILES string of the molecule is CC(C)(C)OC(=O)NCCC(=O)NC(c1ccccc1)c1nn[nH]n1. The van der Waals surface area contributed by atoms with Crippen LogP contribution in [0.5, 0.6) is 0 Å². The van der Waals surface area contributed by atoms with Gasteiger partial charge in [0.1, 0.15) is 11.6 Å². The summed E-state index contributed by atoms with van der Waals surface area (Å²) in [5.74, 6) is 0.106. The van der Waals surface area contributed by atoms with Gasteiger partial charge in [0.2, 0.25) is 11.7 Å². The first-order chi connectivity index (χ1) is 11.8. The average Bonchev–Trinajstić information content (AvgIpc) is 3.06. The molecule has 0 radical (unpaired) electrons. The first-order valence-corrected chi connectivity index (χ1v) is 7.89. The molecule has 1 heterocycles. The lowest BCUT2D eigenvalue weighted by molar-refractivity contribution is -0.121. The van der Waals surface area contributed by atoms with E-state index in [1.165, 1.54) is 0 Å². The van der Waals surface area contributed by atoms with Gasteiger partial charge in [0, 0.05) is 13.0 Å². The molecule has 1 atom stereocenters. The van der Waals surface area contributed by atoms with Gasteiger partial charge in [-0.05, 0) is 26.3 Å². The molecule has 0 aliphatic heterocycles. The molecule has 9 nitrogen and oxygen atoms in total. The molecule has 0 saturated heterocycles. The molecule has 0 aliphatic rings. The second kappa shape index (κ2) is 8.22. The van der Waals surface area contributed by atoms with Crippen molar-refractivity contribution in [2.75, 3.05) is 6.54 Å². The van der Waals surface area contributed by atoms with Crippen LogP contribution in [0.15, 0.2) is 30.3 Å². The lowest BCUT2D eigenvalue weighted by atomic mass is 10.1. The first kappa shape index (κ1) is 18.4. The highest BCUT2D eigenvalue weighted by molar-refractivity contribution is 5.77. The maximum absolute atomic E-state index is 12.2. The molecular weight excluding hydrogens is 324 g/mol. The Bertz CT molecular complexity index is 682. The molecule has 0 saturated carbocycles. The zero-order chi connectivity index (χ0) is 18.3. The molecule has 0 aliphatic carbocycles.